The highest BCUT2D eigenvalue weighted by molar-refractivity contribution is 7.08. The van der Waals surface area contributed by atoms with Crippen molar-refractivity contribution in [1.82, 2.24) is 4.98 Å². The maximum Gasteiger partial charge on any atom is 0.165 e. The number of hydrogen-bond donors (Lipinski definition) is 0. The average Bonchev–Trinajstić information content (AvgIpc) is 3.33. The Balaban J connectivity index is 1.79. The molecule has 3 aromatic rings. The number of hydrogen-bond acceptors (Lipinski definition) is 5. The van der Waals surface area contributed by atoms with Crippen molar-refractivity contribution in [2.45, 2.75) is 31.6 Å². The number of benzene rings is 2. The highest BCUT2D eigenvalue weighted by atomic mass is 32.1. The fraction of sp³-hybridized carbons (Fsp3) is 0.222. The van der Waals surface area contributed by atoms with Crippen LogP contribution in [0.5, 0.6) is 0 Å². The number of thiazole rings is 1. The fourth-order valence-corrected chi connectivity index (χ4v) is 6.18. The van der Waals surface area contributed by atoms with Gasteiger partial charge in [-0.2, -0.15) is 10.5 Å². The summed E-state index contributed by atoms with van der Waals surface area (Å²) >= 11 is 1.42. The van der Waals surface area contributed by atoms with Gasteiger partial charge in [0.1, 0.15) is 16.8 Å². The molecule has 2 aromatic carbocycles. The molecule has 1 aliphatic carbocycles. The van der Waals surface area contributed by atoms with Crippen LogP contribution in [-0.2, 0) is 5.41 Å². The van der Waals surface area contributed by atoms with E-state index in [0.717, 1.165) is 35.1 Å². The molecule has 32 heavy (non-hydrogen) atoms. The van der Waals surface area contributed by atoms with Gasteiger partial charge in [0, 0.05) is 29.4 Å². The molecule has 2 aliphatic rings. The quantitative estimate of drug-likeness (QED) is 0.590. The highest BCUT2D eigenvalue weighted by Gasteiger charge is 2.44. The molecule has 1 aromatic heterocycles. The number of likely N-dealkylation sites (N-methyl/N-ethyl adjacent to an activating group) is 1. The van der Waals surface area contributed by atoms with Gasteiger partial charge >= 0.3 is 0 Å². The van der Waals surface area contributed by atoms with Crippen molar-refractivity contribution in [3.05, 3.63) is 80.6 Å². The van der Waals surface area contributed by atoms with Crippen LogP contribution in [0.2, 0.25) is 0 Å². The van der Waals surface area contributed by atoms with Gasteiger partial charge in [0.25, 0.3) is 0 Å². The number of para-hydroxylation sites is 1. The number of aromatic nitrogens is 1. The molecule has 0 spiro atoms. The van der Waals surface area contributed by atoms with Gasteiger partial charge in [0.05, 0.1) is 10.2 Å². The molecule has 4 nitrogen and oxygen atoms in total. The third-order valence-corrected chi connectivity index (χ3v) is 7.61. The van der Waals surface area contributed by atoms with Crippen LogP contribution >= 0.6 is 11.3 Å². The average molecular weight is 435 g/mol. The predicted molar refractivity (Wildman–Crippen MR) is 129 cm³/mol. The van der Waals surface area contributed by atoms with Crippen LogP contribution in [0.25, 0.3) is 22.9 Å². The van der Waals surface area contributed by atoms with Crippen LogP contribution in [0.3, 0.4) is 0 Å². The van der Waals surface area contributed by atoms with Crippen molar-refractivity contribution < 1.29 is 0 Å². The molecule has 5 rings (SSSR count). The maximum absolute atomic E-state index is 9.39. The van der Waals surface area contributed by atoms with E-state index in [1.807, 2.05) is 42.5 Å². The zero-order chi connectivity index (χ0) is 22.3. The predicted octanol–water partition coefficient (Wildman–Crippen LogP) is 4.63. The van der Waals surface area contributed by atoms with E-state index in [-0.39, 0.29) is 11.0 Å². The third-order valence-electron chi connectivity index (χ3n) is 6.59. The van der Waals surface area contributed by atoms with E-state index < -0.39 is 0 Å². The summed E-state index contributed by atoms with van der Waals surface area (Å²) in [6.45, 7) is 2.35. The molecule has 0 saturated carbocycles. The summed E-state index contributed by atoms with van der Waals surface area (Å²) in [5, 5.41) is 18.8. The van der Waals surface area contributed by atoms with Crippen molar-refractivity contribution in [3.8, 4) is 23.4 Å². The zero-order valence-corrected chi connectivity index (χ0v) is 18.9. The molecule has 0 saturated heterocycles. The van der Waals surface area contributed by atoms with E-state index in [1.165, 1.54) is 33.9 Å². The second-order valence-corrected chi connectivity index (χ2v) is 9.51. The molecular weight excluding hydrogens is 412 g/mol. The molecule has 0 N–H and O–H groups in total. The van der Waals surface area contributed by atoms with Crippen molar-refractivity contribution in [3.63, 3.8) is 0 Å². The summed E-state index contributed by atoms with van der Waals surface area (Å²) in [6.07, 6.45) is 5.48. The Morgan fingerprint density at radius 1 is 1.09 bits per heavy atom. The van der Waals surface area contributed by atoms with E-state index in [2.05, 4.69) is 49.2 Å². The van der Waals surface area contributed by atoms with Gasteiger partial charge in [0.2, 0.25) is 0 Å². The van der Waals surface area contributed by atoms with E-state index in [9.17, 15) is 10.5 Å². The van der Waals surface area contributed by atoms with Crippen LogP contribution in [0.15, 0.2) is 65.9 Å². The number of anilines is 1. The van der Waals surface area contributed by atoms with Crippen molar-refractivity contribution in [1.29, 1.82) is 10.5 Å². The van der Waals surface area contributed by atoms with Gasteiger partial charge in [-0.3, -0.25) is 0 Å². The summed E-state index contributed by atoms with van der Waals surface area (Å²) in [5.41, 5.74) is 7.19. The topological polar surface area (TPSA) is 63.7 Å². The largest absolute Gasteiger partial charge is 0.347 e. The number of nitriles is 2. The Labute approximate surface area is 191 Å². The van der Waals surface area contributed by atoms with Crippen LogP contribution in [-0.4, -0.2) is 12.0 Å². The smallest absolute Gasteiger partial charge is 0.165 e. The molecule has 1 atom stereocenters. The Morgan fingerprint density at radius 3 is 2.56 bits per heavy atom. The molecule has 0 fully saturated rings. The lowest BCUT2D eigenvalue weighted by Gasteiger charge is -2.34. The standard InChI is InChI=1S/C27H22N4S/c1-27-14-8-11-19(25(27)31(2)22-13-7-6-12-21(22)27)15-23-24(18-9-4-3-5-10-18)30-26(32-23)20(16-28)17-29/h3-7,9-10,12-13,15H,8,11,14H2,1-2H3/b23-15+. The Hall–Kier alpha value is -3.67. The minimum Gasteiger partial charge on any atom is -0.347 e. The molecule has 1 unspecified atom stereocenters. The first-order valence-electron chi connectivity index (χ1n) is 10.7. The highest BCUT2D eigenvalue weighted by Crippen LogP contribution is 2.53. The SMILES string of the molecule is CN1C2=C(/C=c3/sc(=C(C#N)C#N)nc3-c3ccccc3)CCCC2(C)c2ccccc21. The van der Waals surface area contributed by atoms with Crippen LogP contribution in [0.1, 0.15) is 31.7 Å². The van der Waals surface area contributed by atoms with Gasteiger partial charge in [-0.1, -0.05) is 48.5 Å². The van der Waals surface area contributed by atoms with Gasteiger partial charge in [-0.15, -0.1) is 11.3 Å². The lowest BCUT2D eigenvalue weighted by molar-refractivity contribution is 0.469. The van der Waals surface area contributed by atoms with E-state index >= 15 is 0 Å². The van der Waals surface area contributed by atoms with E-state index in [0.29, 0.717) is 4.66 Å². The maximum atomic E-state index is 9.39. The molecule has 2 heterocycles. The Bertz CT molecular complexity index is 1430. The van der Waals surface area contributed by atoms with Crippen molar-refractivity contribution in [2.75, 3.05) is 11.9 Å². The fourth-order valence-electron chi connectivity index (χ4n) is 5.18. The normalized spacial score (nSPS) is 19.9. The monoisotopic (exact) mass is 434 g/mol. The summed E-state index contributed by atoms with van der Waals surface area (Å²) in [4.78, 5) is 7.06. The zero-order valence-electron chi connectivity index (χ0n) is 18.1. The van der Waals surface area contributed by atoms with Gasteiger partial charge in [-0.25, -0.2) is 4.98 Å². The third kappa shape index (κ3) is 3.06. The van der Waals surface area contributed by atoms with Crippen LogP contribution in [0.4, 0.5) is 5.69 Å². The van der Waals surface area contributed by atoms with Crippen molar-refractivity contribution in [2.24, 2.45) is 0 Å². The van der Waals surface area contributed by atoms with E-state index in [1.54, 1.807) is 0 Å². The number of nitrogens with zero attached hydrogens (tertiary/aromatic N) is 4. The van der Waals surface area contributed by atoms with E-state index in [4.69, 9.17) is 4.98 Å². The van der Waals surface area contributed by atoms with Gasteiger partial charge in [0.15, 0.2) is 5.57 Å². The van der Waals surface area contributed by atoms with Gasteiger partial charge < -0.3 is 4.90 Å². The lowest BCUT2D eigenvalue weighted by Crippen LogP contribution is -2.30. The molecule has 1 aliphatic heterocycles. The molecule has 0 amide bonds. The number of fused-ring (bicyclic) bond motifs is 3. The summed E-state index contributed by atoms with van der Waals surface area (Å²) in [6, 6.07) is 22.7. The second kappa shape index (κ2) is 7.79. The number of allylic oxidation sites excluding steroid dienone is 2. The molecule has 5 heteroatoms. The summed E-state index contributed by atoms with van der Waals surface area (Å²) in [5.74, 6) is 0. The first kappa shape index (κ1) is 20.2. The number of rotatable bonds is 2. The molecular formula is C27H22N4S. The van der Waals surface area contributed by atoms with Crippen molar-refractivity contribution >= 4 is 28.7 Å². The lowest BCUT2D eigenvalue weighted by atomic mass is 9.72. The van der Waals surface area contributed by atoms with Crippen LogP contribution in [0, 0.1) is 22.7 Å². The minimum atomic E-state index is -0.00749. The molecule has 0 radical (unpaired) electrons. The molecule has 156 valence electrons. The minimum absolute atomic E-state index is 0.00749. The molecule has 0 bridgehead atoms. The first-order chi connectivity index (χ1) is 15.6. The Morgan fingerprint density at radius 2 is 1.81 bits per heavy atom. The first-order valence-corrected chi connectivity index (χ1v) is 11.5. The summed E-state index contributed by atoms with van der Waals surface area (Å²) < 4.78 is 1.47. The second-order valence-electron chi connectivity index (χ2n) is 8.48. The van der Waals surface area contributed by atoms with Gasteiger partial charge in [-0.05, 0) is 49.5 Å². The van der Waals surface area contributed by atoms with Crippen LogP contribution < -0.4 is 14.1 Å². The summed E-state index contributed by atoms with van der Waals surface area (Å²) in [7, 11) is 2.16. The Kier molecular flexibility index (Phi) is 4.93.